The van der Waals surface area contributed by atoms with E-state index in [1.807, 2.05) is 13.8 Å². The maximum atomic E-state index is 9.33. The molecule has 1 saturated heterocycles. The van der Waals surface area contributed by atoms with Crippen molar-refractivity contribution in [2.75, 3.05) is 18.0 Å². The first-order chi connectivity index (χ1) is 8.54. The summed E-state index contributed by atoms with van der Waals surface area (Å²) in [5.74, 6) is 2.14. The third kappa shape index (κ3) is 2.17. The Labute approximate surface area is 109 Å². The van der Waals surface area contributed by atoms with Crippen LogP contribution in [0, 0.1) is 37.0 Å². The number of piperidine rings is 1. The normalized spacial score (nSPS) is 23.8. The summed E-state index contributed by atoms with van der Waals surface area (Å²) in [5, 5.41) is 17.7. The van der Waals surface area contributed by atoms with Crippen molar-refractivity contribution < 1.29 is 0 Å². The fourth-order valence-electron chi connectivity index (χ4n) is 2.41. The molecule has 4 nitrogen and oxygen atoms in total. The lowest BCUT2D eigenvalue weighted by Crippen LogP contribution is -2.39. The van der Waals surface area contributed by atoms with Crippen molar-refractivity contribution in [2.24, 2.45) is 11.8 Å². The molecule has 0 radical (unpaired) electrons. The number of hydrogen-bond donors (Lipinski definition) is 0. The van der Waals surface area contributed by atoms with Gasteiger partial charge in [-0.15, -0.1) is 5.10 Å². The summed E-state index contributed by atoms with van der Waals surface area (Å²) in [7, 11) is 0. The van der Waals surface area contributed by atoms with Gasteiger partial charge in [0.1, 0.15) is 11.6 Å². The first kappa shape index (κ1) is 12.8. The summed E-state index contributed by atoms with van der Waals surface area (Å²) in [5.41, 5.74) is 2.48. The van der Waals surface area contributed by atoms with Crippen molar-refractivity contribution in [3.05, 3.63) is 16.8 Å². The molecule has 0 aliphatic carbocycles. The fourth-order valence-corrected chi connectivity index (χ4v) is 2.41. The zero-order valence-corrected chi connectivity index (χ0v) is 11.6. The number of hydrogen-bond acceptors (Lipinski definition) is 4. The quantitative estimate of drug-likeness (QED) is 0.761. The lowest BCUT2D eigenvalue weighted by Gasteiger charge is -2.36. The second-order valence-corrected chi connectivity index (χ2v) is 5.41. The van der Waals surface area contributed by atoms with Gasteiger partial charge in [-0.25, -0.2) is 0 Å². The van der Waals surface area contributed by atoms with Gasteiger partial charge < -0.3 is 4.90 Å². The Kier molecular flexibility index (Phi) is 3.51. The Bertz CT molecular complexity index is 489. The Morgan fingerprint density at radius 2 is 1.94 bits per heavy atom. The molecular weight excluding hydrogens is 224 g/mol. The van der Waals surface area contributed by atoms with E-state index in [2.05, 4.69) is 35.0 Å². The molecule has 96 valence electrons. The van der Waals surface area contributed by atoms with Crippen molar-refractivity contribution >= 4 is 5.82 Å². The minimum Gasteiger partial charge on any atom is -0.354 e. The maximum Gasteiger partial charge on any atom is 0.169 e. The minimum atomic E-state index is 0.633. The molecule has 0 N–H and O–H groups in total. The average molecular weight is 244 g/mol. The van der Waals surface area contributed by atoms with Crippen LogP contribution in [0.3, 0.4) is 0 Å². The highest BCUT2D eigenvalue weighted by molar-refractivity contribution is 5.57. The number of nitriles is 1. The smallest absolute Gasteiger partial charge is 0.169 e. The van der Waals surface area contributed by atoms with Crippen LogP contribution < -0.4 is 4.90 Å². The Hall–Kier alpha value is -1.63. The Morgan fingerprint density at radius 3 is 2.56 bits per heavy atom. The molecule has 0 aromatic carbocycles. The summed E-state index contributed by atoms with van der Waals surface area (Å²) in [6.07, 6.45) is 1.15. The number of nitrogens with zero attached hydrogens (tertiary/aromatic N) is 4. The van der Waals surface area contributed by atoms with Gasteiger partial charge in [-0.1, -0.05) is 13.8 Å². The minimum absolute atomic E-state index is 0.633. The molecule has 1 aliphatic rings. The second kappa shape index (κ2) is 4.93. The first-order valence-electron chi connectivity index (χ1n) is 6.53. The molecule has 0 amide bonds. The molecular formula is C14H20N4. The lowest BCUT2D eigenvalue weighted by molar-refractivity contribution is 0.322. The lowest BCUT2D eigenvalue weighted by atomic mass is 9.88. The van der Waals surface area contributed by atoms with Gasteiger partial charge in [-0.2, -0.15) is 10.4 Å². The van der Waals surface area contributed by atoms with Crippen molar-refractivity contribution in [1.29, 1.82) is 5.26 Å². The van der Waals surface area contributed by atoms with Crippen molar-refractivity contribution in [3.8, 4) is 6.07 Å². The number of anilines is 1. The van der Waals surface area contributed by atoms with Gasteiger partial charge in [0.15, 0.2) is 5.82 Å². The molecule has 0 spiro atoms. The molecule has 0 saturated carbocycles. The maximum absolute atomic E-state index is 9.33. The van der Waals surface area contributed by atoms with E-state index in [-0.39, 0.29) is 0 Å². The molecule has 1 aromatic heterocycles. The van der Waals surface area contributed by atoms with Crippen molar-refractivity contribution in [2.45, 2.75) is 34.1 Å². The number of aryl methyl sites for hydroxylation is 1. The second-order valence-electron chi connectivity index (χ2n) is 5.41. The van der Waals surface area contributed by atoms with E-state index >= 15 is 0 Å². The molecule has 2 atom stereocenters. The standard InChI is InChI=1S/C14H20N4/c1-9-5-6-18(8-10(9)2)14-13(7-15)11(3)12(4)16-17-14/h9-10H,5-6,8H2,1-4H3. The van der Waals surface area contributed by atoms with Crippen molar-refractivity contribution in [3.63, 3.8) is 0 Å². The van der Waals surface area contributed by atoms with Crippen LogP contribution >= 0.6 is 0 Å². The number of rotatable bonds is 1. The monoisotopic (exact) mass is 244 g/mol. The molecule has 1 aliphatic heterocycles. The van der Waals surface area contributed by atoms with Crippen LogP contribution in [0.4, 0.5) is 5.82 Å². The van der Waals surface area contributed by atoms with Gasteiger partial charge >= 0.3 is 0 Å². The van der Waals surface area contributed by atoms with Gasteiger partial charge in [-0.05, 0) is 37.7 Å². The van der Waals surface area contributed by atoms with E-state index in [0.717, 1.165) is 42.5 Å². The van der Waals surface area contributed by atoms with Crippen molar-refractivity contribution in [1.82, 2.24) is 10.2 Å². The van der Waals surface area contributed by atoms with Crippen LogP contribution in [0.1, 0.15) is 37.1 Å². The molecule has 1 fully saturated rings. The average Bonchev–Trinajstić information content (AvgIpc) is 2.36. The predicted molar refractivity (Wildman–Crippen MR) is 71.4 cm³/mol. The van der Waals surface area contributed by atoms with Crippen LogP contribution in [0.2, 0.25) is 0 Å². The topological polar surface area (TPSA) is 52.8 Å². The van der Waals surface area contributed by atoms with E-state index in [1.165, 1.54) is 0 Å². The van der Waals surface area contributed by atoms with Crippen LogP contribution in [-0.2, 0) is 0 Å². The van der Waals surface area contributed by atoms with E-state index < -0.39 is 0 Å². The van der Waals surface area contributed by atoms with E-state index in [0.29, 0.717) is 11.5 Å². The summed E-state index contributed by atoms with van der Waals surface area (Å²) >= 11 is 0. The van der Waals surface area contributed by atoms with E-state index in [4.69, 9.17) is 0 Å². The van der Waals surface area contributed by atoms with Gasteiger partial charge in [0, 0.05) is 13.1 Å². The van der Waals surface area contributed by atoms with Crippen LogP contribution in [0.25, 0.3) is 0 Å². The molecule has 2 rings (SSSR count). The molecule has 2 unspecified atom stereocenters. The molecule has 18 heavy (non-hydrogen) atoms. The molecule has 0 bridgehead atoms. The van der Waals surface area contributed by atoms with E-state index in [1.54, 1.807) is 0 Å². The van der Waals surface area contributed by atoms with Crippen LogP contribution in [0.15, 0.2) is 0 Å². The zero-order chi connectivity index (χ0) is 13.3. The summed E-state index contributed by atoms with van der Waals surface area (Å²) in [4.78, 5) is 2.21. The fraction of sp³-hybridized carbons (Fsp3) is 0.643. The Balaban J connectivity index is 2.35. The van der Waals surface area contributed by atoms with E-state index in [9.17, 15) is 5.26 Å². The summed E-state index contributed by atoms with van der Waals surface area (Å²) in [6, 6.07) is 2.28. The molecule has 1 aromatic rings. The molecule has 2 heterocycles. The van der Waals surface area contributed by atoms with Gasteiger partial charge in [0.05, 0.1) is 5.69 Å². The number of aromatic nitrogens is 2. The van der Waals surface area contributed by atoms with Gasteiger partial charge in [0.25, 0.3) is 0 Å². The predicted octanol–water partition coefficient (Wildman–Crippen LogP) is 2.45. The van der Waals surface area contributed by atoms with Crippen LogP contribution in [0.5, 0.6) is 0 Å². The highest BCUT2D eigenvalue weighted by Crippen LogP contribution is 2.28. The van der Waals surface area contributed by atoms with Gasteiger partial charge in [0.2, 0.25) is 0 Å². The van der Waals surface area contributed by atoms with Gasteiger partial charge in [-0.3, -0.25) is 0 Å². The molecule has 4 heteroatoms. The SMILES string of the molecule is Cc1nnc(N2CCC(C)C(C)C2)c(C#N)c1C. The largest absolute Gasteiger partial charge is 0.354 e. The summed E-state index contributed by atoms with van der Waals surface area (Å²) in [6.45, 7) is 10.3. The third-order valence-electron chi connectivity index (χ3n) is 4.18. The van der Waals surface area contributed by atoms with Crippen LogP contribution in [-0.4, -0.2) is 23.3 Å². The third-order valence-corrected chi connectivity index (χ3v) is 4.18. The highest BCUT2D eigenvalue weighted by atomic mass is 15.3. The highest BCUT2D eigenvalue weighted by Gasteiger charge is 2.26. The first-order valence-corrected chi connectivity index (χ1v) is 6.53. The summed E-state index contributed by atoms with van der Waals surface area (Å²) < 4.78 is 0. The zero-order valence-electron chi connectivity index (χ0n) is 11.6. The Morgan fingerprint density at radius 1 is 1.22 bits per heavy atom.